The van der Waals surface area contributed by atoms with Crippen molar-refractivity contribution in [1.29, 1.82) is 0 Å². The summed E-state index contributed by atoms with van der Waals surface area (Å²) in [5, 5.41) is 11.4. The lowest BCUT2D eigenvalue weighted by atomic mass is 10.1. The predicted octanol–water partition coefficient (Wildman–Crippen LogP) is 3.15. The van der Waals surface area contributed by atoms with Crippen LogP contribution in [0.25, 0.3) is 11.8 Å². The summed E-state index contributed by atoms with van der Waals surface area (Å²) in [5.74, 6) is -3.23. The highest BCUT2D eigenvalue weighted by Gasteiger charge is 2.35. The monoisotopic (exact) mass is 435 g/mol. The minimum absolute atomic E-state index is 0.0760. The third kappa shape index (κ3) is 3.74. The van der Waals surface area contributed by atoms with Gasteiger partial charge in [-0.25, -0.2) is 14.1 Å². The van der Waals surface area contributed by atoms with Crippen LogP contribution in [0, 0.1) is 5.82 Å². The van der Waals surface area contributed by atoms with Gasteiger partial charge in [0.2, 0.25) is 0 Å². The number of aromatic nitrogens is 1. The third-order valence-corrected chi connectivity index (χ3v) is 4.92. The summed E-state index contributed by atoms with van der Waals surface area (Å²) < 4.78 is 15.9. The number of rotatable bonds is 4. The molecule has 2 aromatic carbocycles. The van der Waals surface area contributed by atoms with Gasteiger partial charge in [-0.3, -0.25) is 14.9 Å². The molecule has 3 aromatic rings. The average Bonchev–Trinajstić information content (AvgIpc) is 3.21. The van der Waals surface area contributed by atoms with E-state index >= 15 is 0 Å². The van der Waals surface area contributed by atoms with E-state index in [-0.39, 0.29) is 21.9 Å². The van der Waals surface area contributed by atoms with Crippen molar-refractivity contribution in [3.63, 3.8) is 0 Å². The van der Waals surface area contributed by atoms with Crippen molar-refractivity contribution in [3.05, 3.63) is 89.5 Å². The largest absolute Gasteiger partial charge is 0.478 e. The maximum Gasteiger partial charge on any atom is 0.335 e. The van der Waals surface area contributed by atoms with E-state index in [2.05, 4.69) is 5.32 Å². The fraction of sp³-hybridized carbons (Fsp3) is 0. The summed E-state index contributed by atoms with van der Waals surface area (Å²) in [6, 6.07) is 15.1. The van der Waals surface area contributed by atoms with E-state index in [0.29, 0.717) is 11.4 Å². The molecular formula is C22H14FN3O4S. The van der Waals surface area contributed by atoms with Crippen LogP contribution in [0.5, 0.6) is 0 Å². The van der Waals surface area contributed by atoms with Gasteiger partial charge in [0.15, 0.2) is 5.11 Å². The molecule has 154 valence electrons. The molecule has 2 N–H and O–H groups in total. The Morgan fingerprint density at radius 3 is 2.58 bits per heavy atom. The van der Waals surface area contributed by atoms with Crippen molar-refractivity contribution in [2.24, 2.45) is 0 Å². The highest BCUT2D eigenvalue weighted by molar-refractivity contribution is 7.80. The molecule has 0 atom stereocenters. The first-order valence-corrected chi connectivity index (χ1v) is 9.44. The third-order valence-electron chi connectivity index (χ3n) is 4.64. The molecule has 1 aromatic heterocycles. The molecule has 1 fully saturated rings. The van der Waals surface area contributed by atoms with Gasteiger partial charge in [-0.1, -0.05) is 18.2 Å². The molecule has 0 aliphatic carbocycles. The molecule has 1 aliphatic heterocycles. The second kappa shape index (κ2) is 7.96. The zero-order valence-corrected chi connectivity index (χ0v) is 16.6. The molecule has 0 saturated carbocycles. The minimum atomic E-state index is -1.08. The summed E-state index contributed by atoms with van der Waals surface area (Å²) in [7, 11) is 0. The molecule has 9 heteroatoms. The Morgan fingerprint density at radius 1 is 1.06 bits per heavy atom. The van der Waals surface area contributed by atoms with Crippen molar-refractivity contribution in [3.8, 4) is 5.69 Å². The van der Waals surface area contributed by atoms with E-state index in [4.69, 9.17) is 12.2 Å². The highest BCUT2D eigenvalue weighted by atomic mass is 32.1. The Labute approximate surface area is 181 Å². The van der Waals surface area contributed by atoms with Gasteiger partial charge in [-0.2, -0.15) is 0 Å². The number of carbonyl (C=O) groups is 3. The van der Waals surface area contributed by atoms with Gasteiger partial charge < -0.3 is 9.67 Å². The maximum atomic E-state index is 14.3. The van der Waals surface area contributed by atoms with Gasteiger partial charge in [0, 0.05) is 17.6 Å². The Morgan fingerprint density at radius 2 is 1.84 bits per heavy atom. The molecule has 0 bridgehead atoms. The van der Waals surface area contributed by atoms with Crippen LogP contribution >= 0.6 is 12.2 Å². The number of carbonyl (C=O) groups excluding carboxylic acids is 2. The van der Waals surface area contributed by atoms with E-state index in [1.807, 2.05) is 0 Å². The normalized spacial score (nSPS) is 15.3. The van der Waals surface area contributed by atoms with Gasteiger partial charge in [0.05, 0.1) is 11.3 Å². The quantitative estimate of drug-likeness (QED) is 0.373. The molecule has 31 heavy (non-hydrogen) atoms. The van der Waals surface area contributed by atoms with Crippen molar-refractivity contribution in [2.45, 2.75) is 0 Å². The van der Waals surface area contributed by atoms with Crippen LogP contribution in [-0.4, -0.2) is 32.6 Å². The number of halogens is 1. The molecule has 4 rings (SSSR count). The topological polar surface area (TPSA) is 91.6 Å². The number of nitrogens with one attached hydrogen (secondary N) is 1. The number of amides is 2. The molecule has 0 spiro atoms. The lowest BCUT2D eigenvalue weighted by Gasteiger charge is -2.29. The first-order valence-electron chi connectivity index (χ1n) is 9.04. The first kappa shape index (κ1) is 20.2. The molecule has 1 saturated heterocycles. The van der Waals surface area contributed by atoms with Crippen LogP contribution in [0.1, 0.15) is 16.1 Å². The standard InChI is InChI=1S/C22H14FN3O4S/c23-17-8-1-2-9-18(17)26-20(28)16(19(27)24-22(26)31)12-15-7-4-10-25(15)14-6-3-5-13(11-14)21(29)30/h1-12H,(H,29,30)(H,24,27,31). The molecule has 1 aliphatic rings. The van der Waals surface area contributed by atoms with Crippen LogP contribution in [0.4, 0.5) is 10.1 Å². The molecule has 2 heterocycles. The number of thiocarbonyl (C=S) groups is 1. The fourth-order valence-corrected chi connectivity index (χ4v) is 3.47. The number of hydrogen-bond donors (Lipinski definition) is 2. The number of carboxylic acids is 1. The Bertz CT molecular complexity index is 1280. The Hall–Kier alpha value is -4.11. The van der Waals surface area contributed by atoms with Crippen molar-refractivity contribution in [2.75, 3.05) is 4.90 Å². The second-order valence-corrected chi connectivity index (χ2v) is 6.95. The second-order valence-electron chi connectivity index (χ2n) is 6.57. The zero-order valence-electron chi connectivity index (χ0n) is 15.8. The van der Waals surface area contributed by atoms with E-state index in [0.717, 1.165) is 4.90 Å². The lowest BCUT2D eigenvalue weighted by Crippen LogP contribution is -2.54. The Kier molecular flexibility index (Phi) is 5.18. The number of aromatic carboxylic acids is 1. The number of para-hydroxylation sites is 1. The lowest BCUT2D eigenvalue weighted by molar-refractivity contribution is -0.122. The Balaban J connectivity index is 1.77. The predicted molar refractivity (Wildman–Crippen MR) is 115 cm³/mol. The number of hydrogen-bond acceptors (Lipinski definition) is 4. The summed E-state index contributed by atoms with van der Waals surface area (Å²) in [6.45, 7) is 0. The summed E-state index contributed by atoms with van der Waals surface area (Å²) >= 11 is 5.08. The van der Waals surface area contributed by atoms with E-state index in [1.54, 1.807) is 41.1 Å². The van der Waals surface area contributed by atoms with Crippen LogP contribution in [0.15, 0.2) is 72.4 Å². The SMILES string of the molecule is O=C1NC(=S)N(c2ccccc2F)C(=O)C1=Cc1cccn1-c1cccc(C(=O)O)c1. The van der Waals surface area contributed by atoms with Crippen LogP contribution < -0.4 is 10.2 Å². The summed E-state index contributed by atoms with van der Waals surface area (Å²) in [6.07, 6.45) is 3.01. The number of anilines is 1. The van der Waals surface area contributed by atoms with Gasteiger partial charge >= 0.3 is 5.97 Å². The van der Waals surface area contributed by atoms with Crippen LogP contribution in [0.2, 0.25) is 0 Å². The van der Waals surface area contributed by atoms with Gasteiger partial charge in [0.1, 0.15) is 11.4 Å². The highest BCUT2D eigenvalue weighted by Crippen LogP contribution is 2.25. The van der Waals surface area contributed by atoms with Gasteiger partial charge in [-0.15, -0.1) is 0 Å². The molecule has 2 amide bonds. The van der Waals surface area contributed by atoms with E-state index in [1.165, 1.54) is 36.4 Å². The molecular weight excluding hydrogens is 421 g/mol. The molecule has 7 nitrogen and oxygen atoms in total. The van der Waals surface area contributed by atoms with Crippen LogP contribution in [-0.2, 0) is 9.59 Å². The van der Waals surface area contributed by atoms with Crippen molar-refractivity contribution < 1.29 is 23.9 Å². The number of benzene rings is 2. The van der Waals surface area contributed by atoms with Gasteiger partial charge in [-0.05, 0) is 60.8 Å². The number of carboxylic acid groups (broad SMARTS) is 1. The summed E-state index contributed by atoms with van der Waals surface area (Å²) in [5.41, 5.74) is 0.746. The van der Waals surface area contributed by atoms with E-state index in [9.17, 15) is 23.9 Å². The van der Waals surface area contributed by atoms with Crippen LogP contribution in [0.3, 0.4) is 0 Å². The molecule has 0 unspecified atom stereocenters. The average molecular weight is 435 g/mol. The summed E-state index contributed by atoms with van der Waals surface area (Å²) in [4.78, 5) is 37.8. The maximum absolute atomic E-state index is 14.3. The van der Waals surface area contributed by atoms with Crippen molar-refractivity contribution >= 4 is 46.9 Å². The van der Waals surface area contributed by atoms with Crippen molar-refractivity contribution in [1.82, 2.24) is 9.88 Å². The smallest absolute Gasteiger partial charge is 0.335 e. The zero-order chi connectivity index (χ0) is 22.1. The van der Waals surface area contributed by atoms with E-state index < -0.39 is 23.6 Å². The van der Waals surface area contributed by atoms with Gasteiger partial charge in [0.25, 0.3) is 11.8 Å². The molecule has 0 radical (unpaired) electrons. The minimum Gasteiger partial charge on any atom is -0.478 e. The number of nitrogens with zero attached hydrogens (tertiary/aromatic N) is 2. The fourth-order valence-electron chi connectivity index (χ4n) is 3.19. The first-order chi connectivity index (χ1) is 14.9.